The van der Waals surface area contributed by atoms with Crippen molar-refractivity contribution >= 4 is 23.2 Å². The smallest absolute Gasteiger partial charge is 0.269 e. The van der Waals surface area contributed by atoms with Gasteiger partial charge in [0.05, 0.1) is 4.92 Å². The van der Waals surface area contributed by atoms with Gasteiger partial charge in [-0.05, 0) is 30.0 Å². The molecule has 0 unspecified atom stereocenters. The zero-order valence-electron chi connectivity index (χ0n) is 14.2. The minimum Gasteiger partial charge on any atom is -0.354 e. The van der Waals surface area contributed by atoms with Crippen LogP contribution in [0.25, 0.3) is 0 Å². The Kier molecular flexibility index (Phi) is 5.26. The van der Waals surface area contributed by atoms with Crippen LogP contribution >= 0.6 is 0 Å². The summed E-state index contributed by atoms with van der Waals surface area (Å²) in [5, 5.41) is 13.7. The molecule has 0 saturated carbocycles. The van der Waals surface area contributed by atoms with Gasteiger partial charge in [0, 0.05) is 30.8 Å². The highest BCUT2D eigenvalue weighted by atomic mass is 16.6. The number of nitrogens with one attached hydrogen (secondary N) is 1. The number of benzene rings is 2. The third-order valence-corrected chi connectivity index (χ3v) is 4.35. The molecule has 0 aliphatic carbocycles. The number of fused-ring (bicyclic) bond motifs is 1. The Morgan fingerprint density at radius 3 is 2.65 bits per heavy atom. The minimum atomic E-state index is -0.461. The topological polar surface area (TPSA) is 92.5 Å². The molecule has 2 amide bonds. The van der Waals surface area contributed by atoms with Gasteiger partial charge >= 0.3 is 0 Å². The average Bonchev–Trinajstić information content (AvgIpc) is 2.64. The number of nitro benzene ring substituents is 1. The average molecular weight is 353 g/mol. The van der Waals surface area contributed by atoms with Gasteiger partial charge in [-0.15, -0.1) is 0 Å². The zero-order valence-corrected chi connectivity index (χ0v) is 14.2. The summed E-state index contributed by atoms with van der Waals surface area (Å²) >= 11 is 0. The van der Waals surface area contributed by atoms with Crippen molar-refractivity contribution in [2.45, 2.75) is 19.3 Å². The first-order valence-electron chi connectivity index (χ1n) is 8.43. The van der Waals surface area contributed by atoms with Crippen LogP contribution in [0.5, 0.6) is 0 Å². The molecule has 0 bridgehead atoms. The van der Waals surface area contributed by atoms with E-state index in [-0.39, 0.29) is 30.5 Å². The number of hydrogen-bond donors (Lipinski definition) is 1. The lowest BCUT2D eigenvalue weighted by Crippen LogP contribution is -2.43. The first-order valence-corrected chi connectivity index (χ1v) is 8.43. The molecule has 0 fully saturated rings. The quantitative estimate of drug-likeness (QED) is 0.637. The first kappa shape index (κ1) is 17.6. The summed E-state index contributed by atoms with van der Waals surface area (Å²) in [5.74, 6) is -0.398. The molecule has 0 aromatic heterocycles. The summed E-state index contributed by atoms with van der Waals surface area (Å²) in [6.45, 7) is 0.399. The second-order valence-electron chi connectivity index (χ2n) is 6.14. The molecule has 1 heterocycles. The largest absolute Gasteiger partial charge is 0.354 e. The lowest BCUT2D eigenvalue weighted by molar-refractivity contribution is -0.384. The molecule has 26 heavy (non-hydrogen) atoms. The first-order chi connectivity index (χ1) is 12.5. The number of hydrogen-bond acceptors (Lipinski definition) is 4. The summed E-state index contributed by atoms with van der Waals surface area (Å²) in [6.07, 6.45) is 1.40. The summed E-state index contributed by atoms with van der Waals surface area (Å²) in [5.41, 5.74) is 2.41. The Labute approximate surface area is 150 Å². The Bertz CT molecular complexity index is 836. The number of anilines is 1. The third kappa shape index (κ3) is 4.05. The molecule has 1 N–H and O–H groups in total. The van der Waals surface area contributed by atoms with Crippen molar-refractivity contribution in [1.29, 1.82) is 0 Å². The summed E-state index contributed by atoms with van der Waals surface area (Å²) in [4.78, 5) is 36.3. The molecule has 0 saturated heterocycles. The lowest BCUT2D eigenvalue weighted by atomic mass is 10.0. The van der Waals surface area contributed by atoms with E-state index in [1.54, 1.807) is 6.07 Å². The second kappa shape index (κ2) is 7.77. The van der Waals surface area contributed by atoms with Crippen molar-refractivity contribution < 1.29 is 14.5 Å². The van der Waals surface area contributed by atoms with Crippen molar-refractivity contribution in [1.82, 2.24) is 5.32 Å². The third-order valence-electron chi connectivity index (χ3n) is 4.35. The van der Waals surface area contributed by atoms with Crippen molar-refractivity contribution in [3.8, 4) is 0 Å². The molecular formula is C19H19N3O4. The maximum absolute atomic E-state index is 12.2. The van der Waals surface area contributed by atoms with E-state index in [4.69, 9.17) is 0 Å². The fraction of sp³-hybridized carbons (Fsp3) is 0.263. The van der Waals surface area contributed by atoms with Crippen molar-refractivity contribution in [2.75, 3.05) is 18.0 Å². The molecule has 0 radical (unpaired) electrons. The maximum Gasteiger partial charge on any atom is 0.269 e. The number of non-ortho nitro benzene ring substituents is 1. The molecule has 7 nitrogen and oxygen atoms in total. The van der Waals surface area contributed by atoms with E-state index in [1.165, 1.54) is 17.0 Å². The van der Waals surface area contributed by atoms with Gasteiger partial charge in [0.15, 0.2) is 0 Å². The Hall–Kier alpha value is -3.22. The summed E-state index contributed by atoms with van der Waals surface area (Å²) in [6, 6.07) is 14.2. The van der Waals surface area contributed by atoms with Gasteiger partial charge < -0.3 is 10.2 Å². The van der Waals surface area contributed by atoms with Crippen LogP contribution in [0.15, 0.2) is 48.5 Å². The highest BCUT2D eigenvalue weighted by Crippen LogP contribution is 2.30. The minimum absolute atomic E-state index is 0.00892. The van der Waals surface area contributed by atoms with Crippen molar-refractivity contribution in [3.63, 3.8) is 0 Å². The number of rotatable bonds is 6. The van der Waals surface area contributed by atoms with Crippen LogP contribution in [0.4, 0.5) is 11.4 Å². The SMILES string of the molecule is O=C(CN1C(=O)CCc2cc([N+](=O)[O-])ccc21)NCCc1ccccc1. The number of carbonyl (C=O) groups excluding carboxylic acids is 2. The van der Waals surface area contributed by atoms with E-state index in [9.17, 15) is 19.7 Å². The number of aryl methyl sites for hydroxylation is 1. The number of nitrogens with zero attached hydrogens (tertiary/aromatic N) is 2. The van der Waals surface area contributed by atoms with Crippen LogP contribution in [0.3, 0.4) is 0 Å². The van der Waals surface area contributed by atoms with Gasteiger partial charge in [-0.3, -0.25) is 19.7 Å². The van der Waals surface area contributed by atoms with E-state index < -0.39 is 4.92 Å². The van der Waals surface area contributed by atoms with Gasteiger partial charge in [0.25, 0.3) is 5.69 Å². The number of amides is 2. The molecule has 0 spiro atoms. The fourth-order valence-corrected chi connectivity index (χ4v) is 3.02. The Morgan fingerprint density at radius 1 is 1.15 bits per heavy atom. The second-order valence-corrected chi connectivity index (χ2v) is 6.14. The van der Waals surface area contributed by atoms with E-state index in [2.05, 4.69) is 5.32 Å². The van der Waals surface area contributed by atoms with E-state index in [0.717, 1.165) is 11.1 Å². The van der Waals surface area contributed by atoms with E-state index in [0.29, 0.717) is 25.1 Å². The molecule has 1 aliphatic heterocycles. The molecule has 134 valence electrons. The van der Waals surface area contributed by atoms with Crippen LogP contribution in [0.1, 0.15) is 17.5 Å². The molecule has 1 aliphatic rings. The maximum atomic E-state index is 12.2. The highest BCUT2D eigenvalue weighted by Gasteiger charge is 2.27. The Morgan fingerprint density at radius 2 is 1.92 bits per heavy atom. The van der Waals surface area contributed by atoms with Crippen LogP contribution < -0.4 is 10.2 Å². The number of nitro groups is 1. The fourth-order valence-electron chi connectivity index (χ4n) is 3.02. The molecule has 0 atom stereocenters. The van der Waals surface area contributed by atoms with Gasteiger partial charge in [0.2, 0.25) is 11.8 Å². The molecule has 2 aromatic carbocycles. The van der Waals surface area contributed by atoms with Gasteiger partial charge in [-0.1, -0.05) is 30.3 Å². The van der Waals surface area contributed by atoms with Crippen LogP contribution in [-0.4, -0.2) is 29.8 Å². The van der Waals surface area contributed by atoms with Crippen LogP contribution in [0, 0.1) is 10.1 Å². The molecule has 7 heteroatoms. The van der Waals surface area contributed by atoms with Crippen molar-refractivity contribution in [2.24, 2.45) is 0 Å². The van der Waals surface area contributed by atoms with Crippen molar-refractivity contribution in [3.05, 3.63) is 69.8 Å². The monoisotopic (exact) mass is 353 g/mol. The summed E-state index contributed by atoms with van der Waals surface area (Å²) < 4.78 is 0. The number of carbonyl (C=O) groups is 2. The summed E-state index contributed by atoms with van der Waals surface area (Å²) in [7, 11) is 0. The standard InChI is InChI=1S/C19H19N3O4/c23-18(20-11-10-14-4-2-1-3-5-14)13-21-17-8-7-16(22(25)26)12-15(17)6-9-19(21)24/h1-5,7-8,12H,6,9-11,13H2,(H,20,23). The lowest BCUT2D eigenvalue weighted by Gasteiger charge is -2.28. The van der Waals surface area contributed by atoms with Gasteiger partial charge in [-0.2, -0.15) is 0 Å². The molecule has 3 rings (SSSR count). The molecule has 2 aromatic rings. The normalized spacial score (nSPS) is 13.2. The Balaban J connectivity index is 1.63. The predicted octanol–water partition coefficient (Wildman–Crippen LogP) is 2.23. The van der Waals surface area contributed by atoms with Crippen LogP contribution in [0.2, 0.25) is 0 Å². The van der Waals surface area contributed by atoms with E-state index >= 15 is 0 Å². The molecular weight excluding hydrogens is 334 g/mol. The van der Waals surface area contributed by atoms with Crippen LogP contribution in [-0.2, 0) is 22.4 Å². The zero-order chi connectivity index (χ0) is 18.5. The van der Waals surface area contributed by atoms with Gasteiger partial charge in [0.1, 0.15) is 6.54 Å². The van der Waals surface area contributed by atoms with E-state index in [1.807, 2.05) is 30.3 Å². The van der Waals surface area contributed by atoms with Gasteiger partial charge in [-0.25, -0.2) is 0 Å². The predicted molar refractivity (Wildman–Crippen MR) is 96.9 cm³/mol. The highest BCUT2D eigenvalue weighted by molar-refractivity contribution is 6.01.